The highest BCUT2D eigenvalue weighted by Crippen LogP contribution is 2.13. The molecule has 0 saturated heterocycles. The molecule has 4 nitrogen and oxygen atoms in total. The second-order valence-corrected chi connectivity index (χ2v) is 4.97. The van der Waals surface area contributed by atoms with Gasteiger partial charge in [-0.2, -0.15) is 5.26 Å². The molecule has 0 radical (unpaired) electrons. The predicted octanol–water partition coefficient (Wildman–Crippen LogP) is 2.68. The van der Waals surface area contributed by atoms with Crippen molar-refractivity contribution in [3.8, 4) is 6.07 Å². The zero-order valence-electron chi connectivity index (χ0n) is 10.5. The van der Waals surface area contributed by atoms with Crippen molar-refractivity contribution in [1.82, 2.24) is 9.88 Å². The molecule has 0 aromatic carbocycles. The monoisotopic (exact) mass is 271 g/mol. The summed E-state index contributed by atoms with van der Waals surface area (Å²) in [7, 11) is 0. The van der Waals surface area contributed by atoms with Gasteiger partial charge in [0.2, 0.25) is 0 Å². The minimum atomic E-state index is -0.111. The fraction of sp³-hybridized carbons (Fsp3) is 0.214. The maximum atomic E-state index is 12.3. The van der Waals surface area contributed by atoms with E-state index in [0.717, 1.165) is 4.88 Å². The van der Waals surface area contributed by atoms with E-state index in [1.807, 2.05) is 30.5 Å². The van der Waals surface area contributed by atoms with Gasteiger partial charge in [0.1, 0.15) is 11.8 Å². The van der Waals surface area contributed by atoms with Crippen molar-refractivity contribution < 1.29 is 4.79 Å². The Morgan fingerprint density at radius 3 is 2.84 bits per heavy atom. The minimum Gasteiger partial charge on any atom is -0.332 e. The van der Waals surface area contributed by atoms with Gasteiger partial charge in [0.25, 0.3) is 5.91 Å². The maximum absolute atomic E-state index is 12.3. The molecule has 1 amide bonds. The zero-order chi connectivity index (χ0) is 13.7. The fourth-order valence-electron chi connectivity index (χ4n) is 1.67. The van der Waals surface area contributed by atoms with Crippen molar-refractivity contribution in [3.05, 3.63) is 52.0 Å². The minimum absolute atomic E-state index is 0.111. The van der Waals surface area contributed by atoms with Crippen LogP contribution in [0.25, 0.3) is 0 Å². The summed E-state index contributed by atoms with van der Waals surface area (Å²) in [6, 6.07) is 9.17. The summed E-state index contributed by atoms with van der Waals surface area (Å²) in [5.41, 5.74) is 0.829. The van der Waals surface area contributed by atoms with Gasteiger partial charge in [-0.1, -0.05) is 6.07 Å². The van der Waals surface area contributed by atoms with Gasteiger partial charge in [0.15, 0.2) is 0 Å². The van der Waals surface area contributed by atoms with Crippen molar-refractivity contribution in [2.24, 2.45) is 0 Å². The van der Waals surface area contributed by atoms with Gasteiger partial charge >= 0.3 is 0 Å². The lowest BCUT2D eigenvalue weighted by atomic mass is 10.2. The third kappa shape index (κ3) is 3.18. The van der Waals surface area contributed by atoms with Gasteiger partial charge in [-0.15, -0.1) is 11.3 Å². The van der Waals surface area contributed by atoms with Crippen molar-refractivity contribution in [2.75, 3.05) is 6.54 Å². The molecule has 0 fully saturated rings. The predicted molar refractivity (Wildman–Crippen MR) is 73.7 cm³/mol. The molecule has 0 aliphatic heterocycles. The lowest BCUT2D eigenvalue weighted by molar-refractivity contribution is 0.0748. The van der Waals surface area contributed by atoms with Gasteiger partial charge in [-0.3, -0.25) is 4.79 Å². The molecule has 0 aliphatic carbocycles. The molecular weight excluding hydrogens is 258 g/mol. The van der Waals surface area contributed by atoms with Crippen LogP contribution >= 0.6 is 11.3 Å². The molecule has 0 N–H and O–H groups in total. The van der Waals surface area contributed by atoms with E-state index in [2.05, 4.69) is 4.98 Å². The number of nitrogens with zero attached hydrogens (tertiary/aromatic N) is 3. The summed E-state index contributed by atoms with van der Waals surface area (Å²) in [6.07, 6.45) is 1.42. The molecule has 2 aromatic heterocycles. The van der Waals surface area contributed by atoms with Crippen LogP contribution < -0.4 is 0 Å². The van der Waals surface area contributed by atoms with E-state index < -0.39 is 0 Å². The number of amides is 1. The smallest absolute Gasteiger partial charge is 0.272 e. The van der Waals surface area contributed by atoms with Crippen LogP contribution in [0.5, 0.6) is 0 Å². The lowest BCUT2D eigenvalue weighted by Crippen LogP contribution is -2.30. The molecular formula is C14H13N3OS. The highest BCUT2D eigenvalue weighted by Gasteiger charge is 2.16. The van der Waals surface area contributed by atoms with E-state index in [-0.39, 0.29) is 5.91 Å². The average molecular weight is 271 g/mol. The molecule has 5 heteroatoms. The number of aromatic nitrogens is 1. The Morgan fingerprint density at radius 2 is 2.32 bits per heavy atom. The van der Waals surface area contributed by atoms with Crippen molar-refractivity contribution >= 4 is 17.2 Å². The maximum Gasteiger partial charge on any atom is 0.272 e. The number of hydrogen-bond acceptors (Lipinski definition) is 4. The van der Waals surface area contributed by atoms with Gasteiger partial charge < -0.3 is 4.90 Å². The van der Waals surface area contributed by atoms with E-state index in [4.69, 9.17) is 5.26 Å². The van der Waals surface area contributed by atoms with Gasteiger partial charge in [0, 0.05) is 17.6 Å². The summed E-state index contributed by atoms with van der Waals surface area (Å²) in [6.45, 7) is 3.16. The summed E-state index contributed by atoms with van der Waals surface area (Å²) in [5, 5.41) is 10.7. The van der Waals surface area contributed by atoms with E-state index in [1.54, 1.807) is 28.4 Å². The van der Waals surface area contributed by atoms with E-state index in [9.17, 15) is 4.79 Å². The zero-order valence-corrected chi connectivity index (χ0v) is 11.4. The first-order chi connectivity index (χ1) is 9.24. The van der Waals surface area contributed by atoms with Crippen molar-refractivity contribution in [1.29, 1.82) is 5.26 Å². The number of pyridine rings is 1. The van der Waals surface area contributed by atoms with Crippen LogP contribution in [0, 0.1) is 11.3 Å². The molecule has 2 rings (SSSR count). The van der Waals surface area contributed by atoms with Crippen LogP contribution in [0.4, 0.5) is 0 Å². The van der Waals surface area contributed by atoms with Crippen LogP contribution in [0.1, 0.15) is 27.9 Å². The van der Waals surface area contributed by atoms with Crippen LogP contribution in [0.15, 0.2) is 35.8 Å². The number of rotatable bonds is 4. The Bertz CT molecular complexity index is 584. The first-order valence-electron chi connectivity index (χ1n) is 5.92. The summed E-state index contributed by atoms with van der Waals surface area (Å²) in [5.74, 6) is -0.111. The van der Waals surface area contributed by atoms with Crippen molar-refractivity contribution in [3.63, 3.8) is 0 Å². The normalized spacial score (nSPS) is 9.89. The Balaban J connectivity index is 2.13. The second-order valence-electron chi connectivity index (χ2n) is 3.94. The molecule has 2 heterocycles. The third-order valence-corrected chi connectivity index (χ3v) is 3.57. The number of thiophene rings is 1. The molecule has 0 unspecified atom stereocenters. The molecule has 0 saturated carbocycles. The van der Waals surface area contributed by atoms with E-state index >= 15 is 0 Å². The molecule has 0 atom stereocenters. The SMILES string of the molecule is CCN(Cc1cccs1)C(=O)c1ccc(C#N)cn1. The van der Waals surface area contributed by atoms with Crippen molar-refractivity contribution in [2.45, 2.75) is 13.5 Å². The standard InChI is InChI=1S/C14H13N3OS/c1-2-17(10-12-4-3-7-19-12)14(18)13-6-5-11(8-15)9-16-13/h3-7,9H,2,10H2,1H3. The first kappa shape index (κ1) is 13.2. The van der Waals surface area contributed by atoms with Crippen LogP contribution in [0.3, 0.4) is 0 Å². The van der Waals surface area contributed by atoms with Gasteiger partial charge in [0.05, 0.1) is 12.1 Å². The second kappa shape index (κ2) is 6.12. The number of hydrogen-bond donors (Lipinski definition) is 0. The average Bonchev–Trinajstić information content (AvgIpc) is 2.97. The van der Waals surface area contributed by atoms with Gasteiger partial charge in [-0.05, 0) is 30.5 Å². The molecule has 19 heavy (non-hydrogen) atoms. The summed E-state index contributed by atoms with van der Waals surface area (Å²) in [4.78, 5) is 19.2. The molecule has 2 aromatic rings. The number of carbonyl (C=O) groups excluding carboxylic acids is 1. The number of carbonyl (C=O) groups is 1. The van der Waals surface area contributed by atoms with Crippen LogP contribution in [-0.2, 0) is 6.54 Å². The molecule has 0 bridgehead atoms. The quantitative estimate of drug-likeness (QED) is 0.859. The Hall–Kier alpha value is -2.19. The van der Waals surface area contributed by atoms with Crippen LogP contribution in [0.2, 0.25) is 0 Å². The molecule has 96 valence electrons. The molecule has 0 spiro atoms. The summed E-state index contributed by atoms with van der Waals surface area (Å²) < 4.78 is 0. The lowest BCUT2D eigenvalue weighted by Gasteiger charge is -2.19. The Labute approximate surface area is 115 Å². The summed E-state index contributed by atoms with van der Waals surface area (Å²) >= 11 is 1.63. The van der Waals surface area contributed by atoms with E-state index in [0.29, 0.717) is 24.3 Å². The van der Waals surface area contributed by atoms with Crippen LogP contribution in [-0.4, -0.2) is 22.3 Å². The largest absolute Gasteiger partial charge is 0.332 e. The Kier molecular flexibility index (Phi) is 4.26. The third-order valence-electron chi connectivity index (χ3n) is 2.71. The number of nitriles is 1. The topological polar surface area (TPSA) is 57.0 Å². The van der Waals surface area contributed by atoms with Gasteiger partial charge in [-0.25, -0.2) is 4.98 Å². The van der Waals surface area contributed by atoms with E-state index in [1.165, 1.54) is 6.20 Å². The first-order valence-corrected chi connectivity index (χ1v) is 6.80. The Morgan fingerprint density at radius 1 is 1.47 bits per heavy atom. The molecule has 0 aliphatic rings. The fourth-order valence-corrected chi connectivity index (χ4v) is 2.39. The highest BCUT2D eigenvalue weighted by atomic mass is 32.1. The highest BCUT2D eigenvalue weighted by molar-refractivity contribution is 7.09.